The number of carboxylic acids is 1. The fourth-order valence-electron chi connectivity index (χ4n) is 1.14. The zero-order valence-corrected chi connectivity index (χ0v) is 7.55. The monoisotopic (exact) mass is 197 g/mol. The molecule has 14 heavy (non-hydrogen) atoms. The van der Waals surface area contributed by atoms with Crippen molar-refractivity contribution in [1.29, 1.82) is 0 Å². The van der Waals surface area contributed by atoms with Crippen LogP contribution >= 0.6 is 0 Å². The van der Waals surface area contributed by atoms with Gasteiger partial charge in [0.25, 0.3) is 0 Å². The molecule has 5 heteroatoms. The van der Waals surface area contributed by atoms with Crippen LogP contribution in [-0.4, -0.2) is 41.3 Å². The van der Waals surface area contributed by atoms with Gasteiger partial charge < -0.3 is 9.84 Å². The zero-order chi connectivity index (χ0) is 10.6. The maximum absolute atomic E-state index is 11.3. The number of nitrogens with zero attached hydrogens (tertiary/aromatic N) is 1. The number of rotatable bonds is 3. The second-order valence-electron chi connectivity index (χ2n) is 2.73. The highest BCUT2D eigenvalue weighted by molar-refractivity contribution is 5.83. The van der Waals surface area contributed by atoms with Gasteiger partial charge in [-0.2, -0.15) is 0 Å². The maximum Gasteiger partial charge on any atom is 0.411 e. The van der Waals surface area contributed by atoms with Gasteiger partial charge in [0.1, 0.15) is 6.61 Å². The molecular weight excluding hydrogens is 186 g/mol. The van der Waals surface area contributed by atoms with Gasteiger partial charge in [0.15, 0.2) is 6.04 Å². The van der Waals surface area contributed by atoms with Crippen molar-refractivity contribution in [3.05, 3.63) is 24.8 Å². The van der Waals surface area contributed by atoms with Crippen molar-refractivity contribution >= 4 is 12.1 Å². The largest absolute Gasteiger partial charge is 0.479 e. The topological polar surface area (TPSA) is 66.8 Å². The molecule has 0 aromatic heterocycles. The van der Waals surface area contributed by atoms with Crippen LogP contribution < -0.4 is 0 Å². The van der Waals surface area contributed by atoms with Crippen molar-refractivity contribution in [3.8, 4) is 0 Å². The average molecular weight is 197 g/mol. The van der Waals surface area contributed by atoms with E-state index >= 15 is 0 Å². The molecule has 76 valence electrons. The summed E-state index contributed by atoms with van der Waals surface area (Å²) >= 11 is 0. The summed E-state index contributed by atoms with van der Waals surface area (Å²) < 4.78 is 4.72. The van der Waals surface area contributed by atoms with Crippen LogP contribution in [0, 0.1) is 0 Å². The minimum atomic E-state index is -1.06. The van der Waals surface area contributed by atoms with Crippen LogP contribution in [0.15, 0.2) is 24.8 Å². The zero-order valence-electron chi connectivity index (χ0n) is 7.55. The fourth-order valence-corrected chi connectivity index (χ4v) is 1.14. The van der Waals surface area contributed by atoms with Gasteiger partial charge in [-0.15, -0.1) is 0 Å². The van der Waals surface area contributed by atoms with Crippen LogP contribution in [0.5, 0.6) is 0 Å². The van der Waals surface area contributed by atoms with Crippen LogP contribution in [-0.2, 0) is 9.53 Å². The van der Waals surface area contributed by atoms with Crippen LogP contribution in [0.4, 0.5) is 4.79 Å². The van der Waals surface area contributed by atoms with Crippen molar-refractivity contribution in [1.82, 2.24) is 4.90 Å². The lowest BCUT2D eigenvalue weighted by atomic mass is 10.3. The Morgan fingerprint density at radius 2 is 2.43 bits per heavy atom. The van der Waals surface area contributed by atoms with E-state index in [1.165, 1.54) is 12.2 Å². The minimum absolute atomic E-state index is 0.0850. The van der Waals surface area contributed by atoms with E-state index < -0.39 is 18.1 Å². The first-order valence-corrected chi connectivity index (χ1v) is 4.10. The number of aliphatic carboxylic acids is 1. The number of carbonyl (C=O) groups is 2. The number of hydrogen-bond acceptors (Lipinski definition) is 3. The molecule has 1 rings (SSSR count). The van der Waals surface area contributed by atoms with E-state index in [0.717, 1.165) is 4.90 Å². The summed E-state index contributed by atoms with van der Waals surface area (Å²) in [5.74, 6) is -1.06. The number of carbonyl (C=O) groups excluding carboxylic acids is 1. The normalized spacial score (nSPS) is 19.4. The van der Waals surface area contributed by atoms with E-state index in [2.05, 4.69) is 6.58 Å². The minimum Gasteiger partial charge on any atom is -0.479 e. The molecule has 1 aliphatic heterocycles. The number of hydrogen-bond donors (Lipinski definition) is 1. The second kappa shape index (κ2) is 4.45. The standard InChI is InChI=1S/C9H11NO4/c1-2-6-14-9(13)10-5-3-4-7(10)8(11)12/h2-4,7H,1,5-6H2,(H,11,12). The van der Waals surface area contributed by atoms with Gasteiger partial charge in [0.2, 0.25) is 0 Å². The lowest BCUT2D eigenvalue weighted by molar-refractivity contribution is -0.140. The van der Waals surface area contributed by atoms with Gasteiger partial charge in [-0.1, -0.05) is 24.8 Å². The van der Waals surface area contributed by atoms with E-state index in [4.69, 9.17) is 9.84 Å². The first-order chi connectivity index (χ1) is 6.66. The SMILES string of the molecule is C=CCOC(=O)N1CC=CC1C(=O)O. The van der Waals surface area contributed by atoms with Crippen LogP contribution in [0.1, 0.15) is 0 Å². The molecule has 0 spiro atoms. The molecule has 0 aromatic rings. The molecule has 0 fully saturated rings. The van der Waals surface area contributed by atoms with Crippen molar-refractivity contribution < 1.29 is 19.4 Å². The second-order valence-corrected chi connectivity index (χ2v) is 2.73. The lowest BCUT2D eigenvalue weighted by Crippen LogP contribution is -2.41. The molecule has 1 N–H and O–H groups in total. The molecule has 0 saturated heterocycles. The van der Waals surface area contributed by atoms with Gasteiger partial charge >= 0.3 is 12.1 Å². The summed E-state index contributed by atoms with van der Waals surface area (Å²) in [6.45, 7) is 3.74. The fraction of sp³-hybridized carbons (Fsp3) is 0.333. The van der Waals surface area contributed by atoms with Crippen LogP contribution in [0.3, 0.4) is 0 Å². The summed E-state index contributed by atoms with van der Waals surface area (Å²) in [4.78, 5) is 23.1. The third kappa shape index (κ3) is 2.12. The quantitative estimate of drug-likeness (QED) is 0.674. The summed E-state index contributed by atoms with van der Waals surface area (Å²) in [7, 11) is 0. The smallest absolute Gasteiger partial charge is 0.411 e. The maximum atomic E-state index is 11.3. The van der Waals surface area contributed by atoms with Crippen molar-refractivity contribution in [3.63, 3.8) is 0 Å². The number of amides is 1. The van der Waals surface area contributed by atoms with Gasteiger partial charge in [-0.25, -0.2) is 9.59 Å². The van der Waals surface area contributed by atoms with Gasteiger partial charge in [-0.3, -0.25) is 4.90 Å². The van der Waals surface area contributed by atoms with E-state index in [1.54, 1.807) is 6.08 Å². The first kappa shape index (κ1) is 10.3. The van der Waals surface area contributed by atoms with E-state index in [-0.39, 0.29) is 13.2 Å². The summed E-state index contributed by atoms with van der Waals surface area (Å²) in [5, 5.41) is 8.74. The highest BCUT2D eigenvalue weighted by Crippen LogP contribution is 2.11. The van der Waals surface area contributed by atoms with Crippen LogP contribution in [0.25, 0.3) is 0 Å². The molecule has 5 nitrogen and oxygen atoms in total. The molecule has 0 bridgehead atoms. The molecule has 0 saturated carbocycles. The predicted octanol–water partition coefficient (Wildman–Crippen LogP) is 0.634. The Morgan fingerprint density at radius 3 is 3.00 bits per heavy atom. The number of carboxylic acid groups (broad SMARTS) is 1. The Labute approximate surface area is 81.3 Å². The molecule has 0 aromatic carbocycles. The Bertz CT molecular complexity index is 285. The Morgan fingerprint density at radius 1 is 1.71 bits per heavy atom. The van der Waals surface area contributed by atoms with Crippen molar-refractivity contribution in [2.24, 2.45) is 0 Å². The highest BCUT2D eigenvalue weighted by Gasteiger charge is 2.30. The van der Waals surface area contributed by atoms with Crippen molar-refractivity contribution in [2.75, 3.05) is 13.2 Å². The highest BCUT2D eigenvalue weighted by atomic mass is 16.6. The Balaban J connectivity index is 2.55. The molecule has 1 unspecified atom stereocenters. The Hall–Kier alpha value is -1.78. The summed E-state index contributed by atoms with van der Waals surface area (Å²) in [6.07, 6.45) is 3.87. The van der Waals surface area contributed by atoms with Gasteiger partial charge in [0.05, 0.1) is 0 Å². The van der Waals surface area contributed by atoms with E-state index in [9.17, 15) is 9.59 Å². The molecule has 0 radical (unpaired) electrons. The predicted molar refractivity (Wildman–Crippen MR) is 48.8 cm³/mol. The molecule has 1 aliphatic rings. The average Bonchev–Trinajstić information content (AvgIpc) is 2.62. The summed E-state index contributed by atoms with van der Waals surface area (Å²) in [5.41, 5.74) is 0. The lowest BCUT2D eigenvalue weighted by Gasteiger charge is -2.20. The number of ether oxygens (including phenoxy) is 1. The van der Waals surface area contributed by atoms with Gasteiger partial charge in [-0.05, 0) is 0 Å². The third-order valence-corrected chi connectivity index (χ3v) is 1.77. The molecule has 1 heterocycles. The Kier molecular flexibility index (Phi) is 3.28. The van der Waals surface area contributed by atoms with E-state index in [0.29, 0.717) is 0 Å². The first-order valence-electron chi connectivity index (χ1n) is 4.10. The molecular formula is C9H11NO4. The van der Waals surface area contributed by atoms with Gasteiger partial charge in [0, 0.05) is 6.54 Å². The van der Waals surface area contributed by atoms with Crippen LogP contribution in [0.2, 0.25) is 0 Å². The van der Waals surface area contributed by atoms with Crippen molar-refractivity contribution in [2.45, 2.75) is 6.04 Å². The molecule has 1 atom stereocenters. The summed E-state index contributed by atoms with van der Waals surface area (Å²) in [6, 6.07) is -0.910. The third-order valence-electron chi connectivity index (χ3n) is 1.77. The molecule has 0 aliphatic carbocycles. The van der Waals surface area contributed by atoms with E-state index in [1.807, 2.05) is 0 Å². The molecule has 1 amide bonds.